The molecule has 0 spiro atoms. The van der Waals surface area contributed by atoms with E-state index in [2.05, 4.69) is 5.32 Å². The third-order valence-electron chi connectivity index (χ3n) is 4.98. The molecule has 1 aliphatic rings. The Labute approximate surface area is 205 Å². The quantitative estimate of drug-likeness (QED) is 0.372. The van der Waals surface area contributed by atoms with Crippen LogP contribution >= 0.6 is 23.2 Å². The van der Waals surface area contributed by atoms with Gasteiger partial charge in [0.2, 0.25) is 0 Å². The topological polar surface area (TPSA) is 84.9 Å². The van der Waals surface area contributed by atoms with E-state index < -0.39 is 17.8 Å². The van der Waals surface area contributed by atoms with Crippen molar-refractivity contribution in [2.45, 2.75) is 6.61 Å². The van der Waals surface area contributed by atoms with Crippen molar-refractivity contribution in [1.82, 2.24) is 5.32 Å². The molecule has 0 aromatic heterocycles. The molecule has 0 unspecified atom stereocenters. The summed E-state index contributed by atoms with van der Waals surface area (Å²) in [5.74, 6) is -0.951. The van der Waals surface area contributed by atoms with Crippen LogP contribution in [0.3, 0.4) is 0 Å². The van der Waals surface area contributed by atoms with Crippen LogP contribution in [0.4, 0.5) is 10.5 Å². The standard InChI is InChI=1S/C25H18Cl2N2O5/c1-33-21-13-16(12-20(27)22(21)34-14-15-5-3-2-4-6-15)11-19-23(30)28-25(32)29(24(19)31)18-9-7-17(26)8-10-18/h2-13H,14H2,1H3,(H,28,30,32)/b19-11-. The van der Waals surface area contributed by atoms with Crippen LogP contribution in [0.15, 0.2) is 72.3 Å². The van der Waals surface area contributed by atoms with Gasteiger partial charge in [-0.05, 0) is 53.6 Å². The number of nitrogens with one attached hydrogen (secondary N) is 1. The summed E-state index contributed by atoms with van der Waals surface area (Å²) in [4.78, 5) is 38.7. The van der Waals surface area contributed by atoms with Gasteiger partial charge >= 0.3 is 6.03 Å². The largest absolute Gasteiger partial charge is 0.493 e. The summed E-state index contributed by atoms with van der Waals surface area (Å²) in [7, 11) is 1.46. The number of rotatable bonds is 6. The van der Waals surface area contributed by atoms with Crippen LogP contribution in [0.25, 0.3) is 6.08 Å². The van der Waals surface area contributed by atoms with Gasteiger partial charge in [0.05, 0.1) is 17.8 Å². The first-order chi connectivity index (χ1) is 16.4. The number of amides is 4. The maximum atomic E-state index is 13.1. The Morgan fingerprint density at radius 1 is 0.971 bits per heavy atom. The number of barbiturate groups is 1. The summed E-state index contributed by atoms with van der Waals surface area (Å²) < 4.78 is 11.3. The molecule has 3 aromatic carbocycles. The zero-order valence-electron chi connectivity index (χ0n) is 17.9. The third kappa shape index (κ3) is 4.90. The molecule has 7 nitrogen and oxygen atoms in total. The Kier molecular flexibility index (Phi) is 6.86. The number of hydrogen-bond acceptors (Lipinski definition) is 5. The molecule has 0 aliphatic carbocycles. The van der Waals surface area contributed by atoms with Crippen molar-refractivity contribution in [1.29, 1.82) is 0 Å². The molecule has 1 aliphatic heterocycles. The summed E-state index contributed by atoms with van der Waals surface area (Å²) in [6, 6.07) is 17.9. The van der Waals surface area contributed by atoms with Gasteiger partial charge in [0.15, 0.2) is 11.5 Å². The Morgan fingerprint density at radius 2 is 1.68 bits per heavy atom. The maximum Gasteiger partial charge on any atom is 0.335 e. The molecule has 3 aromatic rings. The Balaban J connectivity index is 1.64. The molecule has 4 amide bonds. The lowest BCUT2D eigenvalue weighted by molar-refractivity contribution is -0.122. The molecule has 9 heteroatoms. The van der Waals surface area contributed by atoms with Crippen LogP contribution in [0.5, 0.6) is 11.5 Å². The van der Waals surface area contributed by atoms with Crippen molar-refractivity contribution in [3.63, 3.8) is 0 Å². The number of halogens is 2. The van der Waals surface area contributed by atoms with Gasteiger partial charge < -0.3 is 9.47 Å². The number of anilines is 1. The van der Waals surface area contributed by atoms with Crippen LogP contribution in [0.2, 0.25) is 10.0 Å². The second kappa shape index (κ2) is 9.99. The predicted molar refractivity (Wildman–Crippen MR) is 129 cm³/mol. The zero-order valence-corrected chi connectivity index (χ0v) is 19.4. The Bertz CT molecular complexity index is 1290. The first-order valence-electron chi connectivity index (χ1n) is 10.1. The fraction of sp³-hybridized carbons (Fsp3) is 0.0800. The Hall–Kier alpha value is -3.81. The molecule has 4 rings (SSSR count). The molecular formula is C25H18Cl2N2O5. The Morgan fingerprint density at radius 3 is 2.35 bits per heavy atom. The highest BCUT2D eigenvalue weighted by Crippen LogP contribution is 2.38. The number of urea groups is 1. The highest BCUT2D eigenvalue weighted by Gasteiger charge is 2.36. The molecule has 0 radical (unpaired) electrons. The summed E-state index contributed by atoms with van der Waals surface area (Å²) >= 11 is 12.3. The number of ether oxygens (including phenoxy) is 2. The molecule has 1 N–H and O–H groups in total. The molecule has 0 saturated carbocycles. The average molecular weight is 497 g/mol. The minimum atomic E-state index is -0.852. The van der Waals surface area contributed by atoms with E-state index in [1.807, 2.05) is 30.3 Å². The van der Waals surface area contributed by atoms with Gasteiger partial charge in [0.25, 0.3) is 11.8 Å². The van der Waals surface area contributed by atoms with Crippen LogP contribution < -0.4 is 19.7 Å². The molecular weight excluding hydrogens is 479 g/mol. The monoisotopic (exact) mass is 496 g/mol. The zero-order chi connectivity index (χ0) is 24.2. The second-order valence-corrected chi connectivity index (χ2v) is 8.09. The van der Waals surface area contributed by atoms with Crippen LogP contribution in [0.1, 0.15) is 11.1 Å². The van der Waals surface area contributed by atoms with Crippen molar-refractivity contribution >= 4 is 52.8 Å². The number of carbonyl (C=O) groups excluding carboxylic acids is 3. The molecule has 172 valence electrons. The van der Waals surface area contributed by atoms with E-state index in [0.29, 0.717) is 22.1 Å². The van der Waals surface area contributed by atoms with Gasteiger partial charge in [-0.3, -0.25) is 14.9 Å². The third-order valence-corrected chi connectivity index (χ3v) is 5.51. The first kappa shape index (κ1) is 23.4. The summed E-state index contributed by atoms with van der Waals surface area (Å²) in [5.41, 5.74) is 1.39. The lowest BCUT2D eigenvalue weighted by Crippen LogP contribution is -2.54. The number of hydrogen-bond donors (Lipinski definition) is 1. The number of nitrogens with zero attached hydrogens (tertiary/aromatic N) is 1. The van der Waals surface area contributed by atoms with E-state index >= 15 is 0 Å². The molecule has 0 atom stereocenters. The number of methoxy groups -OCH3 is 1. The van der Waals surface area contributed by atoms with Crippen molar-refractivity contribution in [2.75, 3.05) is 12.0 Å². The molecule has 0 bridgehead atoms. The van der Waals surface area contributed by atoms with E-state index in [0.717, 1.165) is 10.5 Å². The van der Waals surface area contributed by atoms with E-state index in [1.165, 1.54) is 37.5 Å². The molecule has 1 fully saturated rings. The van der Waals surface area contributed by atoms with E-state index in [9.17, 15) is 14.4 Å². The van der Waals surface area contributed by atoms with Crippen molar-refractivity contribution < 1.29 is 23.9 Å². The summed E-state index contributed by atoms with van der Waals surface area (Å²) in [5, 5.41) is 2.85. The number of imide groups is 2. The van der Waals surface area contributed by atoms with E-state index in [1.54, 1.807) is 12.1 Å². The van der Waals surface area contributed by atoms with Crippen LogP contribution in [-0.4, -0.2) is 25.0 Å². The first-order valence-corrected chi connectivity index (χ1v) is 10.8. The van der Waals surface area contributed by atoms with Gasteiger partial charge in [-0.1, -0.05) is 53.5 Å². The van der Waals surface area contributed by atoms with Crippen molar-refractivity contribution in [2.24, 2.45) is 0 Å². The van der Waals surface area contributed by atoms with Gasteiger partial charge in [-0.15, -0.1) is 0 Å². The number of carbonyl (C=O) groups is 3. The van der Waals surface area contributed by atoms with E-state index in [4.69, 9.17) is 32.7 Å². The molecule has 34 heavy (non-hydrogen) atoms. The highest BCUT2D eigenvalue weighted by molar-refractivity contribution is 6.39. The minimum Gasteiger partial charge on any atom is -0.493 e. The SMILES string of the molecule is COc1cc(/C=C2/C(=O)NC(=O)N(c3ccc(Cl)cc3)C2=O)cc(Cl)c1OCc1ccccc1. The normalized spacial score (nSPS) is 14.9. The fourth-order valence-corrected chi connectivity index (χ4v) is 3.74. The fourth-order valence-electron chi connectivity index (χ4n) is 3.34. The average Bonchev–Trinajstić information content (AvgIpc) is 2.82. The lowest BCUT2D eigenvalue weighted by Gasteiger charge is -2.26. The summed E-state index contributed by atoms with van der Waals surface area (Å²) in [6.07, 6.45) is 1.34. The van der Waals surface area contributed by atoms with Crippen molar-refractivity contribution in [3.05, 3.63) is 93.5 Å². The van der Waals surface area contributed by atoms with Gasteiger partial charge in [-0.25, -0.2) is 9.69 Å². The van der Waals surface area contributed by atoms with Gasteiger partial charge in [0, 0.05) is 5.02 Å². The van der Waals surface area contributed by atoms with Gasteiger partial charge in [-0.2, -0.15) is 0 Å². The maximum absolute atomic E-state index is 13.1. The predicted octanol–water partition coefficient (Wildman–Crippen LogP) is 5.25. The number of benzene rings is 3. The highest BCUT2D eigenvalue weighted by atomic mass is 35.5. The lowest BCUT2D eigenvalue weighted by atomic mass is 10.1. The van der Waals surface area contributed by atoms with Crippen LogP contribution in [-0.2, 0) is 16.2 Å². The minimum absolute atomic E-state index is 0.233. The smallest absolute Gasteiger partial charge is 0.335 e. The second-order valence-electron chi connectivity index (χ2n) is 7.24. The molecule has 1 heterocycles. The van der Waals surface area contributed by atoms with E-state index in [-0.39, 0.29) is 22.9 Å². The van der Waals surface area contributed by atoms with Crippen LogP contribution in [0, 0.1) is 0 Å². The summed E-state index contributed by atoms with van der Waals surface area (Å²) in [6.45, 7) is 0.274. The van der Waals surface area contributed by atoms with Gasteiger partial charge in [0.1, 0.15) is 12.2 Å². The van der Waals surface area contributed by atoms with Crippen molar-refractivity contribution in [3.8, 4) is 11.5 Å². The molecule has 1 saturated heterocycles.